The molecular formula is C19H15N5O2. The van der Waals surface area contributed by atoms with Crippen molar-refractivity contribution in [1.82, 2.24) is 15.5 Å². The van der Waals surface area contributed by atoms with Crippen molar-refractivity contribution in [3.8, 4) is 0 Å². The number of benzene rings is 2. The van der Waals surface area contributed by atoms with E-state index in [0.717, 1.165) is 11.1 Å². The van der Waals surface area contributed by atoms with Crippen LogP contribution in [0.1, 0.15) is 21.5 Å². The van der Waals surface area contributed by atoms with E-state index in [0.29, 0.717) is 17.0 Å². The normalized spacial score (nSPS) is 16.1. The molecule has 0 saturated carbocycles. The summed E-state index contributed by atoms with van der Waals surface area (Å²) in [5, 5.41) is 11.8. The van der Waals surface area contributed by atoms with E-state index in [1.165, 1.54) is 12.4 Å². The van der Waals surface area contributed by atoms with E-state index in [9.17, 15) is 9.59 Å². The predicted octanol–water partition coefficient (Wildman–Crippen LogP) is 1.96. The molecule has 2 aromatic carbocycles. The first-order chi connectivity index (χ1) is 12.7. The molecule has 26 heavy (non-hydrogen) atoms. The van der Waals surface area contributed by atoms with Gasteiger partial charge in [0.15, 0.2) is 0 Å². The van der Waals surface area contributed by atoms with E-state index in [1.807, 2.05) is 54.6 Å². The highest BCUT2D eigenvalue weighted by molar-refractivity contribution is 6.20. The molecule has 2 amide bonds. The van der Waals surface area contributed by atoms with Gasteiger partial charge in [0.05, 0.1) is 23.2 Å². The Morgan fingerprint density at radius 1 is 1.04 bits per heavy atom. The van der Waals surface area contributed by atoms with Gasteiger partial charge in [0.1, 0.15) is 0 Å². The number of carbonyl (C=O) groups is 2. The van der Waals surface area contributed by atoms with Crippen molar-refractivity contribution in [3.05, 3.63) is 83.7 Å². The smallest absolute Gasteiger partial charge is 0.269 e. The summed E-state index contributed by atoms with van der Waals surface area (Å²) in [7, 11) is 0. The Labute approximate surface area is 149 Å². The summed E-state index contributed by atoms with van der Waals surface area (Å²) >= 11 is 0. The number of hydrogen-bond donors (Lipinski definition) is 3. The first-order valence-corrected chi connectivity index (χ1v) is 8.05. The number of aromatic nitrogens is 2. The van der Waals surface area contributed by atoms with Gasteiger partial charge in [-0.2, -0.15) is 5.10 Å². The SMILES string of the molecule is O=C(NC1N=C(c2ccccc2)c2ccccc2NC1=O)c1cn[nH]c1. The van der Waals surface area contributed by atoms with Crippen LogP contribution in [0.25, 0.3) is 0 Å². The summed E-state index contributed by atoms with van der Waals surface area (Å²) in [5.41, 5.74) is 3.28. The number of hydrogen-bond acceptors (Lipinski definition) is 4. The lowest BCUT2D eigenvalue weighted by molar-refractivity contribution is -0.117. The van der Waals surface area contributed by atoms with Crippen LogP contribution in [0, 0.1) is 0 Å². The molecule has 1 aromatic heterocycles. The van der Waals surface area contributed by atoms with Crippen molar-refractivity contribution in [1.29, 1.82) is 0 Å². The van der Waals surface area contributed by atoms with Crippen molar-refractivity contribution in [2.75, 3.05) is 5.32 Å². The average Bonchev–Trinajstić information content (AvgIpc) is 3.17. The number of anilines is 1. The van der Waals surface area contributed by atoms with Gasteiger partial charge in [0.2, 0.25) is 6.17 Å². The van der Waals surface area contributed by atoms with Crippen LogP contribution in [-0.4, -0.2) is 33.9 Å². The number of nitrogens with one attached hydrogen (secondary N) is 3. The zero-order valence-electron chi connectivity index (χ0n) is 13.6. The topological polar surface area (TPSA) is 99.2 Å². The molecular weight excluding hydrogens is 330 g/mol. The highest BCUT2D eigenvalue weighted by atomic mass is 16.2. The Morgan fingerprint density at radius 3 is 2.58 bits per heavy atom. The van der Waals surface area contributed by atoms with Gasteiger partial charge < -0.3 is 10.6 Å². The number of rotatable bonds is 3. The molecule has 1 unspecified atom stereocenters. The minimum Gasteiger partial charge on any atom is -0.322 e. The number of benzodiazepines with no additional fused rings is 1. The zero-order valence-corrected chi connectivity index (χ0v) is 13.6. The van der Waals surface area contributed by atoms with E-state index in [4.69, 9.17) is 0 Å². The molecule has 3 aromatic rings. The van der Waals surface area contributed by atoms with Crippen LogP contribution in [0.2, 0.25) is 0 Å². The van der Waals surface area contributed by atoms with Gasteiger partial charge in [-0.3, -0.25) is 14.7 Å². The second kappa shape index (κ2) is 6.64. The highest BCUT2D eigenvalue weighted by Crippen LogP contribution is 2.23. The van der Waals surface area contributed by atoms with Crippen LogP contribution in [0.5, 0.6) is 0 Å². The fourth-order valence-electron chi connectivity index (χ4n) is 2.76. The zero-order chi connectivity index (χ0) is 17.9. The number of aromatic amines is 1. The maximum absolute atomic E-state index is 12.6. The summed E-state index contributed by atoms with van der Waals surface area (Å²) < 4.78 is 0. The third-order valence-electron chi connectivity index (χ3n) is 4.02. The fraction of sp³-hybridized carbons (Fsp3) is 0.0526. The van der Waals surface area contributed by atoms with E-state index in [-0.39, 0.29) is 0 Å². The van der Waals surface area contributed by atoms with Crippen LogP contribution >= 0.6 is 0 Å². The molecule has 7 nitrogen and oxygen atoms in total. The van der Waals surface area contributed by atoms with Crippen molar-refractivity contribution in [2.24, 2.45) is 4.99 Å². The molecule has 4 rings (SSSR count). The number of carbonyl (C=O) groups excluding carboxylic acids is 2. The second-order valence-electron chi connectivity index (χ2n) is 5.74. The molecule has 0 spiro atoms. The standard InChI is InChI=1S/C19H15N5O2/c25-18(13-10-20-21-11-13)24-17-19(26)22-15-9-5-4-8-14(15)16(23-17)12-6-2-1-3-7-12/h1-11,17H,(H,20,21)(H,22,26)(H,24,25). The summed E-state index contributed by atoms with van der Waals surface area (Å²) in [6, 6.07) is 17.0. The molecule has 1 atom stereocenters. The maximum atomic E-state index is 12.6. The molecule has 0 saturated heterocycles. The lowest BCUT2D eigenvalue weighted by atomic mass is 10.0. The minimum absolute atomic E-state index is 0.330. The Kier molecular flexibility index (Phi) is 4.03. The molecule has 0 fully saturated rings. The quantitative estimate of drug-likeness (QED) is 0.676. The van der Waals surface area contributed by atoms with Crippen LogP contribution in [-0.2, 0) is 4.79 Å². The monoisotopic (exact) mass is 345 g/mol. The van der Waals surface area contributed by atoms with Gasteiger partial charge in [0, 0.05) is 17.3 Å². The van der Waals surface area contributed by atoms with E-state index in [1.54, 1.807) is 0 Å². The number of amides is 2. The summed E-state index contributed by atoms with van der Waals surface area (Å²) in [5.74, 6) is -0.832. The molecule has 0 radical (unpaired) electrons. The number of H-pyrrole nitrogens is 1. The van der Waals surface area contributed by atoms with Crippen LogP contribution in [0.4, 0.5) is 5.69 Å². The number of nitrogens with zero attached hydrogens (tertiary/aromatic N) is 2. The predicted molar refractivity (Wildman–Crippen MR) is 97.0 cm³/mol. The third kappa shape index (κ3) is 2.98. The first kappa shape index (κ1) is 15.8. The van der Waals surface area contributed by atoms with E-state index >= 15 is 0 Å². The van der Waals surface area contributed by atoms with Crippen LogP contribution in [0.3, 0.4) is 0 Å². The average molecular weight is 345 g/mol. The lowest BCUT2D eigenvalue weighted by Crippen LogP contribution is -2.42. The Hall–Kier alpha value is -3.74. The largest absolute Gasteiger partial charge is 0.322 e. The third-order valence-corrected chi connectivity index (χ3v) is 4.02. The summed E-state index contributed by atoms with van der Waals surface area (Å²) in [6.07, 6.45) is 1.79. The lowest BCUT2D eigenvalue weighted by Gasteiger charge is -2.12. The molecule has 128 valence electrons. The van der Waals surface area contributed by atoms with Gasteiger partial charge >= 0.3 is 0 Å². The van der Waals surface area contributed by atoms with Crippen molar-refractivity contribution in [2.45, 2.75) is 6.17 Å². The molecule has 7 heteroatoms. The molecule has 1 aliphatic rings. The molecule has 1 aliphatic heterocycles. The van der Waals surface area contributed by atoms with Gasteiger partial charge in [-0.1, -0.05) is 48.5 Å². The molecule has 0 aliphatic carbocycles. The number of para-hydroxylation sites is 1. The number of fused-ring (bicyclic) bond motifs is 1. The van der Waals surface area contributed by atoms with Gasteiger partial charge in [0.25, 0.3) is 11.8 Å². The van der Waals surface area contributed by atoms with Crippen LogP contribution < -0.4 is 10.6 Å². The second-order valence-corrected chi connectivity index (χ2v) is 5.74. The summed E-state index contributed by atoms with van der Waals surface area (Å²) in [4.78, 5) is 29.5. The highest BCUT2D eigenvalue weighted by Gasteiger charge is 2.27. The summed E-state index contributed by atoms with van der Waals surface area (Å²) in [6.45, 7) is 0. The van der Waals surface area contributed by atoms with Gasteiger partial charge in [-0.15, -0.1) is 0 Å². The van der Waals surface area contributed by atoms with Gasteiger partial charge in [-0.25, -0.2) is 4.99 Å². The minimum atomic E-state index is -1.06. The van der Waals surface area contributed by atoms with E-state index < -0.39 is 18.0 Å². The van der Waals surface area contributed by atoms with Crippen molar-refractivity contribution >= 4 is 23.2 Å². The van der Waals surface area contributed by atoms with Crippen molar-refractivity contribution < 1.29 is 9.59 Å². The maximum Gasteiger partial charge on any atom is 0.269 e. The Balaban J connectivity index is 1.76. The molecule has 0 bridgehead atoms. The van der Waals surface area contributed by atoms with Gasteiger partial charge in [-0.05, 0) is 6.07 Å². The molecule has 3 N–H and O–H groups in total. The molecule has 2 heterocycles. The Morgan fingerprint density at radius 2 is 1.81 bits per heavy atom. The first-order valence-electron chi connectivity index (χ1n) is 8.05. The fourth-order valence-corrected chi connectivity index (χ4v) is 2.76. The van der Waals surface area contributed by atoms with Crippen LogP contribution in [0.15, 0.2) is 72.0 Å². The van der Waals surface area contributed by atoms with Crippen molar-refractivity contribution in [3.63, 3.8) is 0 Å². The number of aliphatic imine (C=N–C) groups is 1. The Bertz CT molecular complexity index is 980. The van der Waals surface area contributed by atoms with E-state index in [2.05, 4.69) is 25.8 Å².